The van der Waals surface area contributed by atoms with Gasteiger partial charge in [0.15, 0.2) is 21.5 Å². The number of oxazole rings is 1. The van der Waals surface area contributed by atoms with Crippen LogP contribution < -0.4 is 0 Å². The lowest BCUT2D eigenvalue weighted by Gasteiger charge is -1.99. The molecule has 0 saturated heterocycles. The number of nitrogens with zero attached hydrogens (tertiary/aromatic N) is 1. The second-order valence-electron chi connectivity index (χ2n) is 3.54. The van der Waals surface area contributed by atoms with Crippen molar-refractivity contribution in [3.63, 3.8) is 0 Å². The number of aromatic nitrogens is 1. The number of sulfone groups is 1. The molecule has 0 spiro atoms. The summed E-state index contributed by atoms with van der Waals surface area (Å²) in [5.74, 6) is 1.22. The fourth-order valence-electron chi connectivity index (χ4n) is 1.36. The maximum absolute atomic E-state index is 11.2. The first-order valence-electron chi connectivity index (χ1n) is 4.70. The summed E-state index contributed by atoms with van der Waals surface area (Å²) in [6.45, 7) is 1.76. The fourth-order valence-corrected chi connectivity index (χ4v) is 1.99. The molecular weight excluding hydrogens is 226 g/mol. The van der Waals surface area contributed by atoms with Crippen LogP contribution in [-0.4, -0.2) is 19.7 Å². The van der Waals surface area contributed by atoms with Crippen LogP contribution in [0.4, 0.5) is 0 Å². The van der Waals surface area contributed by atoms with Crippen molar-refractivity contribution in [2.75, 3.05) is 6.26 Å². The van der Waals surface area contributed by atoms with E-state index in [1.807, 2.05) is 0 Å². The molecule has 0 amide bonds. The highest BCUT2D eigenvalue weighted by atomic mass is 32.2. The highest BCUT2D eigenvalue weighted by Crippen LogP contribution is 2.21. The Morgan fingerprint density at radius 2 is 1.81 bits per heavy atom. The van der Waals surface area contributed by atoms with Crippen molar-refractivity contribution in [2.24, 2.45) is 0 Å². The van der Waals surface area contributed by atoms with Crippen LogP contribution in [0, 0.1) is 6.92 Å². The number of hydrogen-bond donors (Lipinski definition) is 0. The van der Waals surface area contributed by atoms with E-state index in [0.29, 0.717) is 16.5 Å². The Balaban J connectivity index is 2.40. The molecule has 0 aliphatic rings. The molecule has 0 aliphatic carbocycles. The maximum atomic E-state index is 11.2. The Kier molecular flexibility index (Phi) is 2.55. The first kappa shape index (κ1) is 10.9. The molecule has 1 aromatic heterocycles. The zero-order valence-electron chi connectivity index (χ0n) is 8.97. The summed E-state index contributed by atoms with van der Waals surface area (Å²) in [6.07, 6.45) is 2.80. The monoisotopic (exact) mass is 237 g/mol. The molecule has 2 aromatic rings. The average molecular weight is 237 g/mol. The first-order chi connectivity index (χ1) is 7.47. The van der Waals surface area contributed by atoms with Crippen molar-refractivity contribution in [1.82, 2.24) is 4.98 Å². The first-order valence-corrected chi connectivity index (χ1v) is 6.59. The second kappa shape index (κ2) is 3.75. The summed E-state index contributed by atoms with van der Waals surface area (Å²) in [7, 11) is -3.14. The van der Waals surface area contributed by atoms with E-state index in [4.69, 9.17) is 4.42 Å². The molecule has 0 aliphatic heterocycles. The molecule has 0 atom stereocenters. The van der Waals surface area contributed by atoms with E-state index in [2.05, 4.69) is 4.98 Å². The number of benzene rings is 1. The Bertz CT molecular complexity index is 596. The third kappa shape index (κ3) is 2.14. The van der Waals surface area contributed by atoms with Gasteiger partial charge < -0.3 is 4.42 Å². The van der Waals surface area contributed by atoms with Crippen LogP contribution in [-0.2, 0) is 9.84 Å². The van der Waals surface area contributed by atoms with E-state index in [0.717, 1.165) is 5.56 Å². The minimum Gasteiger partial charge on any atom is -0.441 e. The van der Waals surface area contributed by atoms with E-state index >= 15 is 0 Å². The fraction of sp³-hybridized carbons (Fsp3) is 0.182. The highest BCUT2D eigenvalue weighted by Gasteiger charge is 2.08. The molecule has 2 rings (SSSR count). The number of rotatable bonds is 2. The summed E-state index contributed by atoms with van der Waals surface area (Å²) >= 11 is 0. The van der Waals surface area contributed by atoms with Gasteiger partial charge in [-0.2, -0.15) is 0 Å². The zero-order valence-corrected chi connectivity index (χ0v) is 9.78. The third-order valence-electron chi connectivity index (χ3n) is 2.19. The van der Waals surface area contributed by atoms with Gasteiger partial charge >= 0.3 is 0 Å². The normalized spacial score (nSPS) is 11.6. The lowest BCUT2D eigenvalue weighted by Crippen LogP contribution is -1.95. The van der Waals surface area contributed by atoms with Crippen LogP contribution in [0.25, 0.3) is 11.3 Å². The lowest BCUT2D eigenvalue weighted by atomic mass is 10.2. The van der Waals surface area contributed by atoms with Gasteiger partial charge in [-0.15, -0.1) is 0 Å². The molecule has 1 aromatic carbocycles. The van der Waals surface area contributed by atoms with Crippen molar-refractivity contribution >= 4 is 9.84 Å². The average Bonchev–Trinajstić information content (AvgIpc) is 2.64. The second-order valence-corrected chi connectivity index (χ2v) is 5.56. The SMILES string of the molecule is Cc1ncc(-c2ccc(S(C)(=O)=O)cc2)o1. The number of aryl methyl sites for hydroxylation is 1. The largest absolute Gasteiger partial charge is 0.441 e. The van der Waals surface area contributed by atoms with Gasteiger partial charge in [-0.25, -0.2) is 13.4 Å². The third-order valence-corrected chi connectivity index (χ3v) is 3.32. The van der Waals surface area contributed by atoms with Crippen molar-refractivity contribution in [3.8, 4) is 11.3 Å². The molecule has 0 saturated carbocycles. The standard InChI is InChI=1S/C11H11NO3S/c1-8-12-7-11(15-8)9-3-5-10(6-4-9)16(2,13)14/h3-7H,1-2H3. The summed E-state index contributed by atoms with van der Waals surface area (Å²) in [6, 6.07) is 6.53. The molecule has 4 nitrogen and oxygen atoms in total. The Morgan fingerprint density at radius 1 is 1.19 bits per heavy atom. The van der Waals surface area contributed by atoms with E-state index in [9.17, 15) is 8.42 Å². The smallest absolute Gasteiger partial charge is 0.191 e. The topological polar surface area (TPSA) is 60.2 Å². The molecule has 16 heavy (non-hydrogen) atoms. The van der Waals surface area contributed by atoms with Crippen molar-refractivity contribution in [2.45, 2.75) is 11.8 Å². The molecule has 0 N–H and O–H groups in total. The van der Waals surface area contributed by atoms with Crippen LogP contribution in [0.5, 0.6) is 0 Å². The van der Waals surface area contributed by atoms with Gasteiger partial charge in [0, 0.05) is 18.7 Å². The molecule has 0 unspecified atom stereocenters. The summed E-state index contributed by atoms with van der Waals surface area (Å²) in [4.78, 5) is 4.28. The summed E-state index contributed by atoms with van der Waals surface area (Å²) < 4.78 is 27.8. The predicted octanol–water partition coefficient (Wildman–Crippen LogP) is 2.05. The Labute approximate surface area is 93.9 Å². The van der Waals surface area contributed by atoms with Crippen LogP contribution in [0.3, 0.4) is 0 Å². The quantitative estimate of drug-likeness (QED) is 0.802. The van der Waals surface area contributed by atoms with E-state index < -0.39 is 9.84 Å². The maximum Gasteiger partial charge on any atom is 0.191 e. The summed E-state index contributed by atoms with van der Waals surface area (Å²) in [5, 5.41) is 0. The highest BCUT2D eigenvalue weighted by molar-refractivity contribution is 7.90. The van der Waals surface area contributed by atoms with Gasteiger partial charge in [-0.05, 0) is 24.3 Å². The minimum atomic E-state index is -3.14. The van der Waals surface area contributed by atoms with Crippen LogP contribution >= 0.6 is 0 Å². The Morgan fingerprint density at radius 3 is 2.25 bits per heavy atom. The molecule has 0 radical (unpaired) electrons. The summed E-state index contributed by atoms with van der Waals surface area (Å²) in [5.41, 5.74) is 0.813. The van der Waals surface area contributed by atoms with E-state index in [1.54, 1.807) is 37.4 Å². The molecular formula is C11H11NO3S. The zero-order chi connectivity index (χ0) is 11.8. The van der Waals surface area contributed by atoms with Crippen LogP contribution in [0.2, 0.25) is 0 Å². The molecule has 0 fully saturated rings. The minimum absolute atomic E-state index is 0.299. The lowest BCUT2D eigenvalue weighted by molar-refractivity contribution is 0.534. The van der Waals surface area contributed by atoms with E-state index in [-0.39, 0.29) is 0 Å². The molecule has 0 bridgehead atoms. The molecule has 5 heteroatoms. The van der Waals surface area contributed by atoms with Crippen molar-refractivity contribution in [3.05, 3.63) is 36.4 Å². The van der Waals surface area contributed by atoms with Gasteiger partial charge in [0.05, 0.1) is 11.1 Å². The van der Waals surface area contributed by atoms with Gasteiger partial charge in [0.1, 0.15) is 0 Å². The Hall–Kier alpha value is -1.62. The van der Waals surface area contributed by atoms with Gasteiger partial charge in [0.2, 0.25) is 0 Å². The van der Waals surface area contributed by atoms with Gasteiger partial charge in [0.25, 0.3) is 0 Å². The molecule has 84 valence electrons. The number of hydrogen-bond acceptors (Lipinski definition) is 4. The predicted molar refractivity (Wildman–Crippen MR) is 59.8 cm³/mol. The van der Waals surface area contributed by atoms with Crippen LogP contribution in [0.1, 0.15) is 5.89 Å². The van der Waals surface area contributed by atoms with Gasteiger partial charge in [-0.1, -0.05) is 0 Å². The molecule has 1 heterocycles. The van der Waals surface area contributed by atoms with Crippen molar-refractivity contribution < 1.29 is 12.8 Å². The van der Waals surface area contributed by atoms with Crippen LogP contribution in [0.15, 0.2) is 39.8 Å². The van der Waals surface area contributed by atoms with Crippen molar-refractivity contribution in [1.29, 1.82) is 0 Å². The van der Waals surface area contributed by atoms with Gasteiger partial charge in [-0.3, -0.25) is 0 Å². The van der Waals surface area contributed by atoms with E-state index in [1.165, 1.54) is 6.26 Å².